The van der Waals surface area contributed by atoms with Crippen LogP contribution in [0.25, 0.3) is 0 Å². The Kier molecular flexibility index (Phi) is 8.08. The smallest absolute Gasteiger partial charge is 0.370 e. The van der Waals surface area contributed by atoms with Gasteiger partial charge in [0.15, 0.2) is 0 Å². The Labute approximate surface area is 183 Å². The highest BCUT2D eigenvalue weighted by molar-refractivity contribution is 8.00. The number of amides is 1. The van der Waals surface area contributed by atoms with Crippen LogP contribution in [0.5, 0.6) is 0 Å². The van der Waals surface area contributed by atoms with Gasteiger partial charge in [0, 0.05) is 32.6 Å². The summed E-state index contributed by atoms with van der Waals surface area (Å²) in [5.41, 5.74) is 0.742. The van der Waals surface area contributed by atoms with E-state index in [2.05, 4.69) is 10.2 Å². The van der Waals surface area contributed by atoms with Crippen molar-refractivity contribution in [3.8, 4) is 0 Å². The minimum absolute atomic E-state index is 0.0550. The number of rotatable bonds is 8. The Bertz CT molecular complexity index is 792. The summed E-state index contributed by atoms with van der Waals surface area (Å²) < 4.78 is 11.0. The van der Waals surface area contributed by atoms with E-state index in [1.807, 2.05) is 12.1 Å². The first-order valence-electron chi connectivity index (χ1n) is 9.17. The molecule has 29 heavy (non-hydrogen) atoms. The molecule has 1 aromatic rings. The third kappa shape index (κ3) is 6.79. The van der Waals surface area contributed by atoms with Crippen molar-refractivity contribution >= 4 is 46.8 Å². The number of thioether (sulfide) groups is 1. The molecule has 2 aliphatic rings. The SMILES string of the molecule is O=C(CSC1CC=C(C(=O)O)O1)NC[C@H]1CN(Cc2ccc(Cl)c(Cl)c2)CCO1. The second-order valence-electron chi connectivity index (χ2n) is 6.75. The molecule has 0 bridgehead atoms. The summed E-state index contributed by atoms with van der Waals surface area (Å²) in [6.45, 7) is 3.25. The van der Waals surface area contributed by atoms with E-state index >= 15 is 0 Å². The van der Waals surface area contributed by atoms with Gasteiger partial charge in [0.1, 0.15) is 5.44 Å². The number of carbonyl (C=O) groups is 2. The van der Waals surface area contributed by atoms with Crippen LogP contribution in [0, 0.1) is 0 Å². The van der Waals surface area contributed by atoms with Crippen molar-refractivity contribution in [3.05, 3.63) is 45.6 Å². The van der Waals surface area contributed by atoms with Gasteiger partial charge < -0.3 is 19.9 Å². The van der Waals surface area contributed by atoms with Crippen molar-refractivity contribution in [2.75, 3.05) is 32.0 Å². The van der Waals surface area contributed by atoms with Crippen LogP contribution >= 0.6 is 35.0 Å². The van der Waals surface area contributed by atoms with Gasteiger partial charge in [0.25, 0.3) is 0 Å². The van der Waals surface area contributed by atoms with Crippen LogP contribution in [0.3, 0.4) is 0 Å². The number of carboxylic acid groups (broad SMARTS) is 1. The van der Waals surface area contributed by atoms with Crippen LogP contribution in [0.2, 0.25) is 10.0 Å². The van der Waals surface area contributed by atoms with Crippen LogP contribution in [0.15, 0.2) is 30.0 Å². The highest BCUT2D eigenvalue weighted by Gasteiger charge is 2.25. The standard InChI is InChI=1S/C19H22Cl2N2O5S/c20-14-2-1-12(7-15(14)21)9-23-5-6-27-13(10-23)8-22-17(24)11-29-18-4-3-16(28-18)19(25)26/h1-3,7,13,18H,4-6,8-11H2,(H,22,24)(H,25,26)/t13-,18?/m0/s1. The highest BCUT2D eigenvalue weighted by atomic mass is 35.5. The van der Waals surface area contributed by atoms with Gasteiger partial charge in [-0.15, -0.1) is 11.8 Å². The molecule has 0 aromatic heterocycles. The van der Waals surface area contributed by atoms with E-state index in [-0.39, 0.29) is 29.0 Å². The first kappa shape index (κ1) is 22.2. The monoisotopic (exact) mass is 460 g/mol. The summed E-state index contributed by atoms with van der Waals surface area (Å²) in [4.78, 5) is 25.2. The number of morpholine rings is 1. The number of ether oxygens (including phenoxy) is 2. The maximum atomic E-state index is 12.1. The molecule has 0 spiro atoms. The molecule has 158 valence electrons. The van der Waals surface area contributed by atoms with E-state index < -0.39 is 5.97 Å². The minimum atomic E-state index is -1.09. The molecule has 1 amide bonds. The Morgan fingerprint density at radius 3 is 2.86 bits per heavy atom. The van der Waals surface area contributed by atoms with E-state index in [0.717, 1.165) is 18.7 Å². The van der Waals surface area contributed by atoms with E-state index in [0.29, 0.717) is 36.2 Å². The fourth-order valence-electron chi connectivity index (χ4n) is 3.07. The van der Waals surface area contributed by atoms with Crippen molar-refractivity contribution in [2.24, 2.45) is 0 Å². The lowest BCUT2D eigenvalue weighted by Gasteiger charge is -2.33. The lowest BCUT2D eigenvalue weighted by Crippen LogP contribution is -2.47. The quantitative estimate of drug-likeness (QED) is 0.616. The van der Waals surface area contributed by atoms with Gasteiger partial charge in [-0.25, -0.2) is 4.79 Å². The number of nitrogens with zero attached hydrogens (tertiary/aromatic N) is 1. The van der Waals surface area contributed by atoms with Crippen molar-refractivity contribution in [3.63, 3.8) is 0 Å². The van der Waals surface area contributed by atoms with Crippen LogP contribution < -0.4 is 5.32 Å². The lowest BCUT2D eigenvalue weighted by atomic mass is 10.2. The minimum Gasteiger partial charge on any atom is -0.475 e. The van der Waals surface area contributed by atoms with Crippen LogP contribution in [0.4, 0.5) is 0 Å². The molecule has 10 heteroatoms. The molecule has 7 nitrogen and oxygen atoms in total. The normalized spacial score (nSPS) is 22.1. The molecule has 0 saturated carbocycles. The maximum Gasteiger partial charge on any atom is 0.370 e. The Morgan fingerprint density at radius 1 is 1.31 bits per heavy atom. The Balaban J connectivity index is 1.36. The number of carbonyl (C=O) groups excluding carboxylic acids is 1. The molecule has 2 heterocycles. The third-order valence-electron chi connectivity index (χ3n) is 4.51. The van der Waals surface area contributed by atoms with Crippen molar-refractivity contribution in [1.82, 2.24) is 10.2 Å². The molecular weight excluding hydrogens is 439 g/mol. The first-order chi connectivity index (χ1) is 13.9. The molecular formula is C19H22Cl2N2O5S. The van der Waals surface area contributed by atoms with Crippen LogP contribution in [-0.2, 0) is 25.6 Å². The van der Waals surface area contributed by atoms with Gasteiger partial charge in [-0.05, 0) is 23.8 Å². The van der Waals surface area contributed by atoms with E-state index in [4.69, 9.17) is 37.8 Å². The van der Waals surface area contributed by atoms with Gasteiger partial charge >= 0.3 is 5.97 Å². The number of aliphatic carboxylic acids is 1. The van der Waals surface area contributed by atoms with Gasteiger partial charge in [-0.2, -0.15) is 0 Å². The zero-order valence-electron chi connectivity index (χ0n) is 15.6. The summed E-state index contributed by atoms with van der Waals surface area (Å²) in [5.74, 6) is -1.07. The number of hydrogen-bond acceptors (Lipinski definition) is 6. The maximum absolute atomic E-state index is 12.1. The molecule has 0 radical (unpaired) electrons. The zero-order chi connectivity index (χ0) is 20.8. The van der Waals surface area contributed by atoms with Crippen molar-refractivity contribution < 1.29 is 24.2 Å². The first-order valence-corrected chi connectivity index (χ1v) is 11.0. The van der Waals surface area contributed by atoms with Crippen LogP contribution in [-0.4, -0.2) is 65.4 Å². The molecule has 2 N–H and O–H groups in total. The van der Waals surface area contributed by atoms with Gasteiger partial charge in [0.05, 0.1) is 28.5 Å². The Hall–Kier alpha value is -1.45. The van der Waals surface area contributed by atoms with E-state index in [1.54, 1.807) is 6.07 Å². The molecule has 1 saturated heterocycles. The largest absolute Gasteiger partial charge is 0.475 e. The number of halogens is 2. The van der Waals surface area contributed by atoms with E-state index in [1.165, 1.54) is 17.8 Å². The van der Waals surface area contributed by atoms with Gasteiger partial charge in [0.2, 0.25) is 11.7 Å². The fraction of sp³-hybridized carbons (Fsp3) is 0.474. The summed E-state index contributed by atoms with van der Waals surface area (Å²) in [6, 6.07) is 5.61. The van der Waals surface area contributed by atoms with Gasteiger partial charge in [-0.3, -0.25) is 9.69 Å². The summed E-state index contributed by atoms with van der Waals surface area (Å²) >= 11 is 13.3. The van der Waals surface area contributed by atoms with E-state index in [9.17, 15) is 9.59 Å². The second-order valence-corrected chi connectivity index (χ2v) is 8.71. The molecule has 3 rings (SSSR count). The topological polar surface area (TPSA) is 88.1 Å². The predicted octanol–water partition coefficient (Wildman–Crippen LogP) is 2.76. The second kappa shape index (κ2) is 10.5. The zero-order valence-corrected chi connectivity index (χ0v) is 17.9. The fourth-order valence-corrected chi connectivity index (χ4v) is 4.24. The van der Waals surface area contributed by atoms with Crippen LogP contribution in [0.1, 0.15) is 12.0 Å². The number of benzene rings is 1. The average molecular weight is 461 g/mol. The molecule has 2 atom stereocenters. The number of hydrogen-bond donors (Lipinski definition) is 2. The lowest BCUT2D eigenvalue weighted by molar-refractivity contribution is -0.136. The number of carboxylic acids is 1. The average Bonchev–Trinajstić information content (AvgIpc) is 3.17. The molecule has 2 aliphatic heterocycles. The molecule has 1 aromatic carbocycles. The molecule has 1 unspecified atom stereocenters. The third-order valence-corrected chi connectivity index (χ3v) is 6.33. The highest BCUT2D eigenvalue weighted by Crippen LogP contribution is 2.26. The van der Waals surface area contributed by atoms with Crippen molar-refractivity contribution in [2.45, 2.75) is 24.5 Å². The summed E-state index contributed by atoms with van der Waals surface area (Å²) in [6.07, 6.45) is 1.91. The summed E-state index contributed by atoms with van der Waals surface area (Å²) in [7, 11) is 0. The Morgan fingerprint density at radius 2 is 2.14 bits per heavy atom. The molecule has 0 aliphatic carbocycles. The van der Waals surface area contributed by atoms with Crippen molar-refractivity contribution in [1.29, 1.82) is 0 Å². The van der Waals surface area contributed by atoms with Gasteiger partial charge in [-0.1, -0.05) is 29.3 Å². The summed E-state index contributed by atoms with van der Waals surface area (Å²) in [5, 5.41) is 12.8. The number of nitrogens with one attached hydrogen (secondary N) is 1. The molecule has 1 fully saturated rings. The predicted molar refractivity (Wildman–Crippen MR) is 112 cm³/mol.